The molecule has 3 atom stereocenters. The highest BCUT2D eigenvalue weighted by molar-refractivity contribution is 7.99. The minimum atomic E-state index is -0.616. The largest absolute Gasteiger partial charge is 0.392 e. The number of anilines is 1. The summed E-state index contributed by atoms with van der Waals surface area (Å²) in [5.74, 6) is 0.505. The molecule has 0 radical (unpaired) electrons. The summed E-state index contributed by atoms with van der Waals surface area (Å²) in [5, 5.41) is 21.3. The summed E-state index contributed by atoms with van der Waals surface area (Å²) in [5.41, 5.74) is 3.94. The zero-order valence-corrected chi connectivity index (χ0v) is 21.2. The Labute approximate surface area is 219 Å². The number of benzene rings is 3. The van der Waals surface area contributed by atoms with Crippen molar-refractivity contribution in [2.45, 2.75) is 36.7 Å². The van der Waals surface area contributed by atoms with E-state index < -0.39 is 6.29 Å². The molecule has 8 nitrogen and oxygen atoms in total. The van der Waals surface area contributed by atoms with E-state index in [2.05, 4.69) is 15.5 Å². The Morgan fingerprint density at radius 2 is 1.86 bits per heavy atom. The molecule has 2 N–H and O–H groups in total. The van der Waals surface area contributed by atoms with Crippen LogP contribution in [0.25, 0.3) is 0 Å². The summed E-state index contributed by atoms with van der Waals surface area (Å²) in [6, 6.07) is 24.4. The Morgan fingerprint density at radius 1 is 1.05 bits per heavy atom. The summed E-state index contributed by atoms with van der Waals surface area (Å²) >= 11 is 1.59. The van der Waals surface area contributed by atoms with Crippen LogP contribution < -0.4 is 5.32 Å². The standard InChI is InChI=1S/C28H28N4O4S/c1-32-18-29-31-28(32)37-17-24-15-25(20-12-10-19(16-33)11-13-20)36-27(35-24)22-8-5-9-23(14-22)30-26(34)21-6-3-2-4-7-21/h2-14,18,24-25,27,33H,15-17H2,1H3,(H,30,34). The lowest BCUT2D eigenvalue weighted by molar-refractivity contribution is -0.245. The number of nitrogens with zero attached hydrogens (tertiary/aromatic N) is 3. The van der Waals surface area contributed by atoms with Gasteiger partial charge in [-0.3, -0.25) is 4.79 Å². The maximum atomic E-state index is 12.7. The number of ether oxygens (including phenoxy) is 2. The van der Waals surface area contributed by atoms with Crippen LogP contribution in [-0.2, 0) is 23.1 Å². The van der Waals surface area contributed by atoms with Crippen molar-refractivity contribution in [1.82, 2.24) is 14.8 Å². The number of carbonyl (C=O) groups is 1. The van der Waals surface area contributed by atoms with Gasteiger partial charge in [-0.15, -0.1) is 10.2 Å². The highest BCUT2D eigenvalue weighted by atomic mass is 32.2. The molecule has 4 aromatic rings. The van der Waals surface area contributed by atoms with Crippen molar-refractivity contribution >= 4 is 23.4 Å². The number of carbonyl (C=O) groups excluding carboxylic acids is 1. The quantitative estimate of drug-likeness (QED) is 0.322. The number of rotatable bonds is 8. The average Bonchev–Trinajstić information content (AvgIpc) is 3.37. The molecule has 1 fully saturated rings. The number of hydrogen-bond acceptors (Lipinski definition) is 7. The van der Waals surface area contributed by atoms with Crippen LogP contribution in [0.3, 0.4) is 0 Å². The number of amides is 1. The normalized spacial score (nSPS) is 19.5. The summed E-state index contributed by atoms with van der Waals surface area (Å²) in [4.78, 5) is 12.7. The molecule has 0 saturated carbocycles. The molecule has 1 amide bonds. The van der Waals surface area contributed by atoms with Crippen LogP contribution >= 0.6 is 11.8 Å². The lowest BCUT2D eigenvalue weighted by atomic mass is 10.0. The SMILES string of the molecule is Cn1cnnc1SCC1CC(c2ccc(CO)cc2)OC(c2cccc(NC(=O)c3ccccc3)c2)O1. The molecule has 1 aliphatic heterocycles. The summed E-state index contributed by atoms with van der Waals surface area (Å²) in [7, 11) is 1.91. The second kappa shape index (κ2) is 11.7. The minimum absolute atomic E-state index is 0.00397. The Hall–Kier alpha value is -3.50. The first-order valence-electron chi connectivity index (χ1n) is 12.0. The van der Waals surface area contributed by atoms with E-state index in [4.69, 9.17) is 9.47 Å². The van der Waals surface area contributed by atoms with E-state index in [9.17, 15) is 9.90 Å². The van der Waals surface area contributed by atoms with Gasteiger partial charge in [0.25, 0.3) is 5.91 Å². The predicted octanol–water partition coefficient (Wildman–Crippen LogP) is 4.90. The Morgan fingerprint density at radius 3 is 2.59 bits per heavy atom. The molecule has 37 heavy (non-hydrogen) atoms. The Bertz CT molecular complexity index is 1330. The molecule has 5 rings (SSSR count). The van der Waals surface area contributed by atoms with Gasteiger partial charge < -0.3 is 24.5 Å². The van der Waals surface area contributed by atoms with Gasteiger partial charge >= 0.3 is 0 Å². The number of aliphatic hydroxyl groups is 1. The van der Waals surface area contributed by atoms with E-state index in [0.29, 0.717) is 23.4 Å². The molecular weight excluding hydrogens is 488 g/mol. The highest BCUT2D eigenvalue weighted by Crippen LogP contribution is 2.39. The summed E-state index contributed by atoms with van der Waals surface area (Å²) < 4.78 is 14.7. The Kier molecular flexibility index (Phi) is 7.96. The van der Waals surface area contributed by atoms with Gasteiger partial charge in [-0.25, -0.2) is 0 Å². The lowest BCUT2D eigenvalue weighted by Crippen LogP contribution is -2.31. The number of hydrogen-bond donors (Lipinski definition) is 2. The molecule has 0 bridgehead atoms. The van der Waals surface area contributed by atoms with Crippen LogP contribution in [0.4, 0.5) is 5.69 Å². The number of aliphatic hydroxyl groups excluding tert-OH is 1. The van der Waals surface area contributed by atoms with Crippen molar-refractivity contribution in [3.05, 3.63) is 107 Å². The first kappa shape index (κ1) is 25.2. The number of aryl methyl sites for hydroxylation is 1. The summed E-state index contributed by atoms with van der Waals surface area (Å²) in [6.45, 7) is -0.00397. The molecule has 0 spiro atoms. The number of nitrogens with one attached hydrogen (secondary N) is 1. The fraction of sp³-hybridized carbons (Fsp3) is 0.250. The van der Waals surface area contributed by atoms with E-state index in [1.165, 1.54) is 0 Å². The Balaban J connectivity index is 1.35. The fourth-order valence-electron chi connectivity index (χ4n) is 4.15. The second-order valence-electron chi connectivity index (χ2n) is 8.83. The van der Waals surface area contributed by atoms with Crippen molar-refractivity contribution in [2.24, 2.45) is 7.05 Å². The van der Waals surface area contributed by atoms with Crippen LogP contribution in [0.15, 0.2) is 90.3 Å². The molecule has 3 unspecified atom stereocenters. The molecule has 0 aliphatic carbocycles. The third kappa shape index (κ3) is 6.26. The highest BCUT2D eigenvalue weighted by Gasteiger charge is 2.32. The molecule has 1 saturated heterocycles. The summed E-state index contributed by atoms with van der Waals surface area (Å²) in [6.07, 6.45) is 1.43. The molecule has 9 heteroatoms. The third-order valence-corrected chi connectivity index (χ3v) is 7.30. The van der Waals surface area contributed by atoms with E-state index in [1.807, 2.05) is 78.3 Å². The molecule has 1 aliphatic rings. The zero-order chi connectivity index (χ0) is 25.6. The monoisotopic (exact) mass is 516 g/mol. The first-order valence-corrected chi connectivity index (χ1v) is 13.0. The zero-order valence-electron chi connectivity index (χ0n) is 20.4. The van der Waals surface area contributed by atoms with Crippen molar-refractivity contribution < 1.29 is 19.4 Å². The maximum absolute atomic E-state index is 12.7. The van der Waals surface area contributed by atoms with Crippen LogP contribution in [-0.4, -0.2) is 37.6 Å². The van der Waals surface area contributed by atoms with Gasteiger partial charge in [0.2, 0.25) is 0 Å². The van der Waals surface area contributed by atoms with E-state index >= 15 is 0 Å². The van der Waals surface area contributed by atoms with Gasteiger partial charge in [0.1, 0.15) is 6.33 Å². The van der Waals surface area contributed by atoms with Gasteiger partial charge in [0, 0.05) is 36.0 Å². The molecular formula is C28H28N4O4S. The van der Waals surface area contributed by atoms with Gasteiger partial charge in [-0.2, -0.15) is 0 Å². The van der Waals surface area contributed by atoms with E-state index in [0.717, 1.165) is 21.8 Å². The second-order valence-corrected chi connectivity index (χ2v) is 9.82. The van der Waals surface area contributed by atoms with Crippen molar-refractivity contribution in [3.8, 4) is 0 Å². The number of aromatic nitrogens is 3. The first-order chi connectivity index (χ1) is 18.1. The number of thioether (sulfide) groups is 1. The van der Waals surface area contributed by atoms with E-state index in [-0.39, 0.29) is 24.7 Å². The smallest absolute Gasteiger partial charge is 0.255 e. The topological polar surface area (TPSA) is 98.5 Å². The predicted molar refractivity (Wildman–Crippen MR) is 141 cm³/mol. The van der Waals surface area contributed by atoms with Crippen LogP contribution in [0, 0.1) is 0 Å². The van der Waals surface area contributed by atoms with Gasteiger partial charge in [-0.1, -0.05) is 66.4 Å². The molecule has 3 aromatic carbocycles. The van der Waals surface area contributed by atoms with Gasteiger partial charge in [0.05, 0.1) is 18.8 Å². The van der Waals surface area contributed by atoms with Crippen molar-refractivity contribution in [3.63, 3.8) is 0 Å². The fourth-order valence-corrected chi connectivity index (χ4v) is 5.05. The van der Waals surface area contributed by atoms with Crippen LogP contribution in [0.1, 0.15) is 45.9 Å². The minimum Gasteiger partial charge on any atom is -0.392 e. The third-order valence-electron chi connectivity index (χ3n) is 6.14. The lowest BCUT2D eigenvalue weighted by Gasteiger charge is -2.36. The molecule has 2 heterocycles. The van der Waals surface area contributed by atoms with Crippen LogP contribution in [0.2, 0.25) is 0 Å². The van der Waals surface area contributed by atoms with Crippen molar-refractivity contribution in [2.75, 3.05) is 11.1 Å². The van der Waals surface area contributed by atoms with E-state index in [1.54, 1.807) is 30.2 Å². The average molecular weight is 517 g/mol. The van der Waals surface area contributed by atoms with Crippen molar-refractivity contribution in [1.29, 1.82) is 0 Å². The molecule has 190 valence electrons. The van der Waals surface area contributed by atoms with Gasteiger partial charge in [-0.05, 0) is 35.4 Å². The van der Waals surface area contributed by atoms with Crippen LogP contribution in [0.5, 0.6) is 0 Å². The maximum Gasteiger partial charge on any atom is 0.255 e. The molecule has 1 aromatic heterocycles. The van der Waals surface area contributed by atoms with Gasteiger partial charge in [0.15, 0.2) is 11.4 Å².